The lowest BCUT2D eigenvalue weighted by atomic mass is 9.57. The summed E-state index contributed by atoms with van der Waals surface area (Å²) in [5.74, 6) is -0.823. The number of nitrogens with zero attached hydrogens (tertiary/aromatic N) is 2. The van der Waals surface area contributed by atoms with Crippen molar-refractivity contribution >= 4 is 93.5 Å². The van der Waals surface area contributed by atoms with Gasteiger partial charge >= 0.3 is 0 Å². The van der Waals surface area contributed by atoms with Crippen LogP contribution in [0, 0.1) is 17.8 Å². The van der Waals surface area contributed by atoms with Crippen molar-refractivity contribution in [3.05, 3.63) is 118 Å². The SMILES string of the molecule is O=C1NC(=O)C2CC=C3c4ccc5c6ccc7c(=O)n8c9ccccc9nc8c8ccc(c9ccc(c4c59)C4=CC=C1C2C34)c6c78. The van der Waals surface area contributed by atoms with Gasteiger partial charge in [0.1, 0.15) is 5.65 Å². The fraction of sp³-hybridized carbons (Fsp3) is 0.100. The second-order valence-electron chi connectivity index (χ2n) is 13.3. The van der Waals surface area contributed by atoms with Crippen LogP contribution in [0.3, 0.4) is 0 Å². The Morgan fingerprint density at radius 1 is 0.652 bits per heavy atom. The maximum Gasteiger partial charge on any atom is 0.264 e. The van der Waals surface area contributed by atoms with Gasteiger partial charge in [-0.3, -0.25) is 24.1 Å². The maximum absolute atomic E-state index is 14.1. The Morgan fingerprint density at radius 3 is 2.09 bits per heavy atom. The molecule has 0 spiro atoms. The van der Waals surface area contributed by atoms with Crippen LogP contribution in [0.15, 0.2) is 101 Å². The van der Waals surface area contributed by atoms with Crippen LogP contribution < -0.4 is 10.9 Å². The number of carbonyl (C=O) groups excluding carboxylic acids is 2. The van der Waals surface area contributed by atoms with Gasteiger partial charge in [-0.2, -0.15) is 0 Å². The molecule has 0 bridgehead atoms. The first kappa shape index (κ1) is 23.5. The van der Waals surface area contributed by atoms with E-state index in [-0.39, 0.29) is 35.1 Å². The molecule has 214 valence electrons. The third-order valence-corrected chi connectivity index (χ3v) is 11.5. The molecule has 2 amide bonds. The van der Waals surface area contributed by atoms with Gasteiger partial charge in [0.2, 0.25) is 5.91 Å². The van der Waals surface area contributed by atoms with Crippen molar-refractivity contribution in [3.8, 4) is 0 Å². The minimum atomic E-state index is -0.260. The van der Waals surface area contributed by atoms with Gasteiger partial charge in [0.25, 0.3) is 11.5 Å². The highest BCUT2D eigenvalue weighted by Crippen LogP contribution is 2.59. The van der Waals surface area contributed by atoms with Crippen molar-refractivity contribution < 1.29 is 9.59 Å². The Hall–Kier alpha value is -5.88. The molecule has 0 radical (unpaired) electrons. The van der Waals surface area contributed by atoms with E-state index in [9.17, 15) is 14.4 Å². The van der Waals surface area contributed by atoms with Crippen molar-refractivity contribution in [2.24, 2.45) is 17.8 Å². The van der Waals surface area contributed by atoms with Crippen LogP contribution in [0.2, 0.25) is 0 Å². The predicted molar refractivity (Wildman–Crippen MR) is 181 cm³/mol. The second-order valence-corrected chi connectivity index (χ2v) is 13.3. The molecular formula is C40H21N3O3. The molecule has 1 aliphatic heterocycles. The Kier molecular flexibility index (Phi) is 3.83. The topological polar surface area (TPSA) is 80.5 Å². The van der Waals surface area contributed by atoms with Gasteiger partial charge in [-0.1, -0.05) is 66.8 Å². The molecule has 1 saturated heterocycles. The fourth-order valence-electron chi connectivity index (χ4n) is 9.68. The molecule has 12 rings (SSSR count). The summed E-state index contributed by atoms with van der Waals surface area (Å²) in [6.45, 7) is 0. The molecule has 3 aliphatic carbocycles. The summed E-state index contributed by atoms with van der Waals surface area (Å²) in [6.07, 6.45) is 6.90. The average molecular weight is 592 g/mol. The van der Waals surface area contributed by atoms with E-state index in [1.165, 1.54) is 33.0 Å². The summed E-state index contributed by atoms with van der Waals surface area (Å²) < 4.78 is 1.76. The first-order valence-electron chi connectivity index (χ1n) is 15.8. The number of rotatable bonds is 0. The molecule has 6 aromatic carbocycles. The van der Waals surface area contributed by atoms with Crippen molar-refractivity contribution in [2.45, 2.75) is 6.42 Å². The lowest BCUT2D eigenvalue weighted by molar-refractivity contribution is -0.135. The number of aromatic nitrogens is 2. The third kappa shape index (κ3) is 2.43. The molecule has 2 aromatic heterocycles. The number of piperidine rings is 1. The highest BCUT2D eigenvalue weighted by atomic mass is 16.2. The molecule has 46 heavy (non-hydrogen) atoms. The molecular weight excluding hydrogens is 570 g/mol. The number of hydrogen-bond donors (Lipinski definition) is 1. The molecule has 3 atom stereocenters. The number of imide groups is 1. The van der Waals surface area contributed by atoms with E-state index in [1.807, 2.05) is 36.4 Å². The zero-order valence-electron chi connectivity index (χ0n) is 24.2. The molecule has 6 heteroatoms. The van der Waals surface area contributed by atoms with Crippen LogP contribution in [0.4, 0.5) is 0 Å². The van der Waals surface area contributed by atoms with E-state index in [4.69, 9.17) is 4.98 Å². The summed E-state index contributed by atoms with van der Waals surface area (Å²) >= 11 is 0. The van der Waals surface area contributed by atoms with Crippen molar-refractivity contribution in [1.29, 1.82) is 0 Å². The number of allylic oxidation sites excluding steroid dienone is 5. The summed E-state index contributed by atoms with van der Waals surface area (Å²) in [7, 11) is 0. The van der Waals surface area contributed by atoms with Gasteiger partial charge in [0.05, 0.1) is 11.0 Å². The van der Waals surface area contributed by atoms with Gasteiger partial charge in [-0.25, -0.2) is 4.98 Å². The van der Waals surface area contributed by atoms with Crippen LogP contribution >= 0.6 is 0 Å². The average Bonchev–Trinajstić information content (AvgIpc) is 3.48. The van der Waals surface area contributed by atoms with E-state index in [0.717, 1.165) is 54.3 Å². The number of para-hydroxylation sites is 2. The van der Waals surface area contributed by atoms with Crippen molar-refractivity contribution in [2.75, 3.05) is 0 Å². The molecule has 6 nitrogen and oxygen atoms in total. The lowest BCUT2D eigenvalue weighted by Crippen LogP contribution is -2.51. The van der Waals surface area contributed by atoms with E-state index < -0.39 is 0 Å². The predicted octanol–water partition coefficient (Wildman–Crippen LogP) is 7.12. The number of fused-ring (bicyclic) bond motifs is 8. The molecule has 0 saturated carbocycles. The molecule has 8 aromatic rings. The summed E-state index contributed by atoms with van der Waals surface area (Å²) in [5.41, 5.74) is 7.77. The number of pyridine rings is 1. The fourth-order valence-corrected chi connectivity index (χ4v) is 9.68. The van der Waals surface area contributed by atoms with Crippen LogP contribution in [-0.4, -0.2) is 21.2 Å². The monoisotopic (exact) mass is 591 g/mol. The first-order valence-corrected chi connectivity index (χ1v) is 15.8. The van der Waals surface area contributed by atoms with Gasteiger partial charge < -0.3 is 0 Å². The Balaban J connectivity index is 1.23. The number of hydrogen-bond acceptors (Lipinski definition) is 4. The number of nitrogens with one attached hydrogen (secondary N) is 1. The first-order chi connectivity index (χ1) is 22.6. The van der Waals surface area contributed by atoms with Crippen LogP contribution in [0.5, 0.6) is 0 Å². The molecule has 4 aliphatic rings. The highest BCUT2D eigenvalue weighted by molar-refractivity contribution is 6.39. The van der Waals surface area contributed by atoms with Crippen LogP contribution in [0.25, 0.3) is 81.7 Å². The van der Waals surface area contributed by atoms with E-state index in [0.29, 0.717) is 17.5 Å². The van der Waals surface area contributed by atoms with Gasteiger partial charge in [-0.15, -0.1) is 0 Å². The Morgan fingerprint density at radius 2 is 1.28 bits per heavy atom. The van der Waals surface area contributed by atoms with E-state index in [1.54, 1.807) is 4.40 Å². The summed E-state index contributed by atoms with van der Waals surface area (Å²) in [6, 6.07) is 25.2. The molecule has 3 unspecified atom stereocenters. The van der Waals surface area contributed by atoms with Crippen LogP contribution in [0.1, 0.15) is 17.5 Å². The summed E-state index contributed by atoms with van der Waals surface area (Å²) in [5, 5.41) is 13.3. The van der Waals surface area contributed by atoms with E-state index >= 15 is 0 Å². The Labute approximate surface area is 259 Å². The molecule has 3 heterocycles. The Bertz CT molecular complexity index is 2980. The minimum absolute atomic E-state index is 0.0203. The van der Waals surface area contributed by atoms with Crippen molar-refractivity contribution in [1.82, 2.24) is 14.7 Å². The molecule has 1 fully saturated rings. The minimum Gasteiger partial charge on any atom is -0.292 e. The maximum atomic E-state index is 14.1. The normalized spacial score (nSPS) is 21.9. The highest BCUT2D eigenvalue weighted by Gasteiger charge is 2.50. The summed E-state index contributed by atoms with van der Waals surface area (Å²) in [4.78, 5) is 44.9. The number of carbonyl (C=O) groups is 2. The number of imidazole rings is 1. The van der Waals surface area contributed by atoms with Crippen LogP contribution in [-0.2, 0) is 9.59 Å². The third-order valence-electron chi connectivity index (χ3n) is 11.5. The zero-order chi connectivity index (χ0) is 30.2. The molecule has 1 N–H and O–H groups in total. The van der Waals surface area contributed by atoms with Crippen molar-refractivity contribution in [3.63, 3.8) is 0 Å². The van der Waals surface area contributed by atoms with Gasteiger partial charge in [0.15, 0.2) is 0 Å². The van der Waals surface area contributed by atoms with Gasteiger partial charge in [-0.05, 0) is 90.7 Å². The lowest BCUT2D eigenvalue weighted by Gasteiger charge is -2.46. The van der Waals surface area contributed by atoms with Gasteiger partial charge in [0, 0.05) is 39.5 Å². The quantitative estimate of drug-likeness (QED) is 0.116. The zero-order valence-corrected chi connectivity index (χ0v) is 24.2. The standard InChI is InChI=1S/C40H21N3O3/c44-38-26-14-10-22-18-6-5-17-21-9-13-25-35-28(40(46)43-30-4-2-1-3-29(30)41-37(25)43)16-12-24(33(21)35)20-8-7-19(32(18)31(17)20)23-11-15-27(39(45)42-38)36(26)34(22)23/h1-14,16,27,34,36H,15H2,(H,42,44,45). The largest absolute Gasteiger partial charge is 0.292 e. The number of amides is 2. The van der Waals surface area contributed by atoms with E-state index in [2.05, 4.69) is 59.9 Å². The smallest absolute Gasteiger partial charge is 0.264 e. The number of benzene rings is 6. The second kappa shape index (κ2) is 7.49.